The highest BCUT2D eigenvalue weighted by Gasteiger charge is 2.17. The molecule has 0 amide bonds. The predicted octanol–water partition coefficient (Wildman–Crippen LogP) is 0.813. The summed E-state index contributed by atoms with van der Waals surface area (Å²) in [4.78, 5) is 12.8. The minimum absolute atomic E-state index is 0. The number of rotatable bonds is 2. The highest BCUT2D eigenvalue weighted by atomic mass is 35.5. The van der Waals surface area contributed by atoms with Gasteiger partial charge in [-0.1, -0.05) is 0 Å². The second-order valence-electron chi connectivity index (χ2n) is 4.80. The topological polar surface area (TPSA) is 78.3 Å². The van der Waals surface area contributed by atoms with Gasteiger partial charge in [0.25, 0.3) is 0 Å². The fourth-order valence-electron chi connectivity index (χ4n) is 2.12. The quantitative estimate of drug-likeness (QED) is 0.879. The molecule has 0 bridgehead atoms. The van der Waals surface area contributed by atoms with Crippen LogP contribution in [0.15, 0.2) is 24.5 Å². The Bertz CT molecular complexity index is 585. The SMILES string of the molecule is CN1CCN(c2ncc(-c3ncccc3O)nn2)CC1.Cl. The van der Waals surface area contributed by atoms with E-state index in [1.807, 2.05) is 0 Å². The van der Waals surface area contributed by atoms with E-state index >= 15 is 0 Å². The lowest BCUT2D eigenvalue weighted by atomic mass is 10.2. The van der Waals surface area contributed by atoms with Gasteiger partial charge in [0, 0.05) is 32.4 Å². The average Bonchev–Trinajstić information content (AvgIpc) is 2.49. The molecule has 112 valence electrons. The molecule has 1 aliphatic rings. The number of nitrogens with zero attached hydrogens (tertiary/aromatic N) is 6. The number of anilines is 1. The molecule has 2 aromatic heterocycles. The smallest absolute Gasteiger partial charge is 0.245 e. The molecule has 7 nitrogen and oxygen atoms in total. The van der Waals surface area contributed by atoms with E-state index in [1.165, 1.54) is 0 Å². The number of piperazine rings is 1. The largest absolute Gasteiger partial charge is 0.506 e. The molecule has 2 aromatic rings. The van der Waals surface area contributed by atoms with Crippen LogP contribution in [0.1, 0.15) is 0 Å². The molecular formula is C13H17ClN6O. The van der Waals surface area contributed by atoms with Crippen molar-refractivity contribution >= 4 is 18.4 Å². The number of likely N-dealkylation sites (N-methyl/N-ethyl adjacent to an activating group) is 1. The summed E-state index contributed by atoms with van der Waals surface area (Å²) in [5.74, 6) is 0.702. The molecule has 1 fully saturated rings. The molecule has 0 saturated carbocycles. The maximum atomic E-state index is 9.74. The Morgan fingerprint density at radius 1 is 1.10 bits per heavy atom. The van der Waals surface area contributed by atoms with Crippen LogP contribution in [0.3, 0.4) is 0 Å². The highest BCUT2D eigenvalue weighted by Crippen LogP contribution is 2.23. The van der Waals surface area contributed by atoms with Crippen molar-refractivity contribution in [1.82, 2.24) is 25.1 Å². The van der Waals surface area contributed by atoms with Crippen molar-refractivity contribution in [2.24, 2.45) is 0 Å². The molecule has 3 heterocycles. The van der Waals surface area contributed by atoms with Gasteiger partial charge in [0.2, 0.25) is 5.95 Å². The van der Waals surface area contributed by atoms with Gasteiger partial charge in [0.1, 0.15) is 17.1 Å². The summed E-state index contributed by atoms with van der Waals surface area (Å²) in [6, 6.07) is 3.23. The first kappa shape index (κ1) is 15.4. The summed E-state index contributed by atoms with van der Waals surface area (Å²) >= 11 is 0. The van der Waals surface area contributed by atoms with Gasteiger partial charge in [0.15, 0.2) is 0 Å². The first-order chi connectivity index (χ1) is 9.74. The Hall–Kier alpha value is -1.99. The molecular weight excluding hydrogens is 292 g/mol. The first-order valence-corrected chi connectivity index (χ1v) is 6.51. The average molecular weight is 309 g/mol. The van der Waals surface area contributed by atoms with E-state index in [0.717, 1.165) is 26.2 Å². The zero-order valence-corrected chi connectivity index (χ0v) is 12.5. The fraction of sp³-hybridized carbons (Fsp3) is 0.385. The molecule has 0 atom stereocenters. The molecule has 1 N–H and O–H groups in total. The van der Waals surface area contributed by atoms with E-state index in [9.17, 15) is 5.11 Å². The molecule has 8 heteroatoms. The van der Waals surface area contributed by atoms with Crippen molar-refractivity contribution in [2.45, 2.75) is 0 Å². The monoisotopic (exact) mass is 308 g/mol. The van der Waals surface area contributed by atoms with Gasteiger partial charge in [-0.05, 0) is 19.2 Å². The van der Waals surface area contributed by atoms with E-state index in [0.29, 0.717) is 17.3 Å². The lowest BCUT2D eigenvalue weighted by Gasteiger charge is -2.31. The molecule has 0 spiro atoms. The van der Waals surface area contributed by atoms with Gasteiger partial charge < -0.3 is 14.9 Å². The Morgan fingerprint density at radius 3 is 2.48 bits per heavy atom. The van der Waals surface area contributed by atoms with Crippen molar-refractivity contribution in [3.05, 3.63) is 24.5 Å². The predicted molar refractivity (Wildman–Crippen MR) is 81.7 cm³/mol. The number of hydrogen-bond acceptors (Lipinski definition) is 7. The molecule has 0 unspecified atom stereocenters. The van der Waals surface area contributed by atoms with Crippen LogP contribution in [0, 0.1) is 0 Å². The van der Waals surface area contributed by atoms with Crippen LogP contribution in [0.5, 0.6) is 5.75 Å². The second kappa shape index (κ2) is 6.64. The maximum Gasteiger partial charge on any atom is 0.245 e. The summed E-state index contributed by atoms with van der Waals surface area (Å²) in [6.45, 7) is 3.77. The minimum atomic E-state index is 0. The zero-order chi connectivity index (χ0) is 13.9. The normalized spacial score (nSPS) is 15.6. The van der Waals surface area contributed by atoms with Crippen molar-refractivity contribution in [3.63, 3.8) is 0 Å². The summed E-state index contributed by atoms with van der Waals surface area (Å²) in [5, 5.41) is 18.0. The third-order valence-corrected chi connectivity index (χ3v) is 3.36. The third kappa shape index (κ3) is 3.37. The molecule has 21 heavy (non-hydrogen) atoms. The number of halogens is 1. The molecule has 0 aliphatic carbocycles. The van der Waals surface area contributed by atoms with Gasteiger partial charge in [0.05, 0.1) is 6.20 Å². The summed E-state index contributed by atoms with van der Waals surface area (Å²) in [7, 11) is 2.10. The van der Waals surface area contributed by atoms with Crippen LogP contribution in [0.4, 0.5) is 5.95 Å². The summed E-state index contributed by atoms with van der Waals surface area (Å²) < 4.78 is 0. The lowest BCUT2D eigenvalue weighted by molar-refractivity contribution is 0.311. The molecule has 1 saturated heterocycles. The fourth-order valence-corrected chi connectivity index (χ4v) is 2.12. The van der Waals surface area contributed by atoms with E-state index in [-0.39, 0.29) is 18.2 Å². The summed E-state index contributed by atoms with van der Waals surface area (Å²) in [6.07, 6.45) is 3.20. The Kier molecular flexibility index (Phi) is 4.87. The van der Waals surface area contributed by atoms with Crippen LogP contribution in [-0.4, -0.2) is 63.4 Å². The molecule has 0 aromatic carbocycles. The van der Waals surface area contributed by atoms with Gasteiger partial charge in [-0.25, -0.2) is 4.98 Å². The van der Waals surface area contributed by atoms with E-state index in [1.54, 1.807) is 24.5 Å². The van der Waals surface area contributed by atoms with Crippen molar-refractivity contribution in [3.8, 4) is 17.1 Å². The number of aromatic nitrogens is 4. The molecule has 1 aliphatic heterocycles. The maximum absolute atomic E-state index is 9.74. The van der Waals surface area contributed by atoms with Crippen LogP contribution in [0.2, 0.25) is 0 Å². The minimum Gasteiger partial charge on any atom is -0.506 e. The van der Waals surface area contributed by atoms with Crippen molar-refractivity contribution < 1.29 is 5.11 Å². The van der Waals surface area contributed by atoms with Crippen LogP contribution in [0.25, 0.3) is 11.4 Å². The zero-order valence-electron chi connectivity index (χ0n) is 11.7. The van der Waals surface area contributed by atoms with Crippen LogP contribution >= 0.6 is 12.4 Å². The van der Waals surface area contributed by atoms with Crippen molar-refractivity contribution in [1.29, 1.82) is 0 Å². The van der Waals surface area contributed by atoms with Crippen molar-refractivity contribution in [2.75, 3.05) is 38.1 Å². The van der Waals surface area contributed by atoms with E-state index in [2.05, 4.69) is 37.0 Å². The lowest BCUT2D eigenvalue weighted by Crippen LogP contribution is -2.45. The van der Waals surface area contributed by atoms with E-state index in [4.69, 9.17) is 0 Å². The first-order valence-electron chi connectivity index (χ1n) is 6.51. The number of aromatic hydroxyl groups is 1. The standard InChI is InChI=1S/C13H16N6O.ClH/c1-18-5-7-19(8-6-18)13-15-9-10(16-17-13)12-11(20)3-2-4-14-12;/h2-4,9,20H,5-8H2,1H3;1H. The molecule has 0 radical (unpaired) electrons. The Labute approximate surface area is 129 Å². The second-order valence-corrected chi connectivity index (χ2v) is 4.80. The van der Waals surface area contributed by atoms with Crippen LogP contribution in [-0.2, 0) is 0 Å². The third-order valence-electron chi connectivity index (χ3n) is 3.36. The summed E-state index contributed by atoms with van der Waals surface area (Å²) in [5.41, 5.74) is 0.874. The van der Waals surface area contributed by atoms with Gasteiger partial charge in [-0.15, -0.1) is 22.6 Å². The number of pyridine rings is 1. The number of hydrogen-bond donors (Lipinski definition) is 1. The van der Waals surface area contributed by atoms with Gasteiger partial charge >= 0.3 is 0 Å². The molecule has 3 rings (SSSR count). The Balaban J connectivity index is 0.00000161. The Morgan fingerprint density at radius 2 is 1.86 bits per heavy atom. The van der Waals surface area contributed by atoms with Crippen LogP contribution < -0.4 is 4.90 Å². The van der Waals surface area contributed by atoms with Gasteiger partial charge in [-0.3, -0.25) is 4.98 Å². The highest BCUT2D eigenvalue weighted by molar-refractivity contribution is 5.85. The van der Waals surface area contributed by atoms with Gasteiger partial charge in [-0.2, -0.15) is 0 Å². The van der Waals surface area contributed by atoms with E-state index < -0.39 is 0 Å².